The second kappa shape index (κ2) is 7.93. The standard InChI is InChI=1S/C25H22F3N3O4/c1-12-17-6-4-16(25(26,27)28)9-15(17)11-30(12)23(34)14-3-5-18-19(10-14)13(2)31(24(18)35)20-7-8-21(32)29-22(20)33/h3-6,9-10,12-13,20H,7-8,11H2,1-2H3,(H,29,32,33)/t12-,13+,20-/m0/s1. The number of amides is 4. The number of alkyl halides is 3. The average Bonchev–Trinajstić information content (AvgIpc) is 3.26. The minimum absolute atomic E-state index is 0.0488. The SMILES string of the molecule is C[C@@H]1c2cc(C(=O)N3Cc4cc(C(F)(F)F)ccc4[C@@H]3C)ccc2C(=O)N1[C@H]1CCC(=O)NC1=O. The zero-order valence-electron chi connectivity index (χ0n) is 19.0. The number of halogens is 3. The molecule has 3 atom stereocenters. The van der Waals surface area contributed by atoms with Crippen molar-refractivity contribution >= 4 is 23.6 Å². The van der Waals surface area contributed by atoms with Gasteiger partial charge in [0.05, 0.1) is 17.6 Å². The molecule has 1 saturated heterocycles. The second-order valence-electron chi connectivity index (χ2n) is 9.18. The number of benzene rings is 2. The number of hydrogen-bond acceptors (Lipinski definition) is 4. The Morgan fingerprint density at radius 3 is 2.43 bits per heavy atom. The summed E-state index contributed by atoms with van der Waals surface area (Å²) in [4.78, 5) is 53.2. The largest absolute Gasteiger partial charge is 0.416 e. The predicted molar refractivity (Wildman–Crippen MR) is 117 cm³/mol. The minimum atomic E-state index is -4.47. The first-order chi connectivity index (χ1) is 16.5. The van der Waals surface area contributed by atoms with Crippen LogP contribution in [0.2, 0.25) is 0 Å². The number of hydrogen-bond donors (Lipinski definition) is 1. The third kappa shape index (κ3) is 3.67. The van der Waals surface area contributed by atoms with E-state index < -0.39 is 35.8 Å². The highest BCUT2D eigenvalue weighted by Crippen LogP contribution is 2.40. The molecule has 2 aromatic rings. The van der Waals surface area contributed by atoms with Crippen molar-refractivity contribution in [2.45, 2.75) is 57.5 Å². The van der Waals surface area contributed by atoms with Crippen LogP contribution < -0.4 is 5.32 Å². The van der Waals surface area contributed by atoms with E-state index in [1.807, 2.05) is 0 Å². The van der Waals surface area contributed by atoms with Crippen molar-refractivity contribution in [1.82, 2.24) is 15.1 Å². The summed E-state index contributed by atoms with van der Waals surface area (Å²) in [7, 11) is 0. The summed E-state index contributed by atoms with van der Waals surface area (Å²) in [6, 6.07) is 6.53. The van der Waals surface area contributed by atoms with Crippen LogP contribution in [-0.4, -0.2) is 39.5 Å². The molecule has 7 nitrogen and oxygen atoms in total. The summed E-state index contributed by atoms with van der Waals surface area (Å²) >= 11 is 0. The highest BCUT2D eigenvalue weighted by molar-refractivity contribution is 6.06. The fourth-order valence-corrected chi connectivity index (χ4v) is 5.29. The van der Waals surface area contributed by atoms with Gasteiger partial charge >= 0.3 is 6.18 Å². The molecule has 0 saturated carbocycles. The maximum absolute atomic E-state index is 13.4. The molecule has 5 rings (SSSR count). The molecule has 1 fully saturated rings. The fourth-order valence-electron chi connectivity index (χ4n) is 5.29. The number of carbonyl (C=O) groups excluding carboxylic acids is 4. The van der Waals surface area contributed by atoms with Crippen LogP contribution in [0.4, 0.5) is 13.2 Å². The Kier molecular flexibility index (Phi) is 5.23. The zero-order valence-corrected chi connectivity index (χ0v) is 19.0. The molecule has 3 aliphatic rings. The third-order valence-corrected chi connectivity index (χ3v) is 7.17. The Balaban J connectivity index is 1.40. The summed E-state index contributed by atoms with van der Waals surface area (Å²) < 4.78 is 39.4. The average molecular weight is 485 g/mol. The Hall–Kier alpha value is -3.69. The van der Waals surface area contributed by atoms with Crippen molar-refractivity contribution in [2.24, 2.45) is 0 Å². The molecular formula is C25H22F3N3O4. The first-order valence-electron chi connectivity index (χ1n) is 11.3. The number of imide groups is 1. The summed E-state index contributed by atoms with van der Waals surface area (Å²) in [5.74, 6) is -1.60. The molecule has 10 heteroatoms. The van der Waals surface area contributed by atoms with Crippen LogP contribution in [0.25, 0.3) is 0 Å². The first-order valence-corrected chi connectivity index (χ1v) is 11.3. The number of piperidine rings is 1. The van der Waals surface area contributed by atoms with Gasteiger partial charge in [-0.3, -0.25) is 24.5 Å². The number of nitrogens with zero attached hydrogens (tertiary/aromatic N) is 2. The molecule has 3 heterocycles. The molecule has 0 radical (unpaired) electrons. The van der Waals surface area contributed by atoms with Gasteiger partial charge < -0.3 is 9.80 Å². The quantitative estimate of drug-likeness (QED) is 0.657. The molecule has 1 N–H and O–H groups in total. The maximum atomic E-state index is 13.4. The molecule has 0 bridgehead atoms. The van der Waals surface area contributed by atoms with Gasteiger partial charge in [-0.2, -0.15) is 13.2 Å². The van der Waals surface area contributed by atoms with Gasteiger partial charge in [0.1, 0.15) is 6.04 Å². The van der Waals surface area contributed by atoms with E-state index >= 15 is 0 Å². The minimum Gasteiger partial charge on any atom is -0.328 e. The van der Waals surface area contributed by atoms with Crippen LogP contribution in [0.5, 0.6) is 0 Å². The van der Waals surface area contributed by atoms with Crippen LogP contribution in [0.3, 0.4) is 0 Å². The number of nitrogens with one attached hydrogen (secondary N) is 1. The van der Waals surface area contributed by atoms with Crippen LogP contribution in [0, 0.1) is 0 Å². The highest BCUT2D eigenvalue weighted by atomic mass is 19.4. The van der Waals surface area contributed by atoms with E-state index in [-0.39, 0.29) is 37.1 Å². The second-order valence-corrected chi connectivity index (χ2v) is 9.18. The smallest absolute Gasteiger partial charge is 0.328 e. The van der Waals surface area contributed by atoms with Gasteiger partial charge in [0.15, 0.2) is 0 Å². The van der Waals surface area contributed by atoms with Crippen LogP contribution in [0.15, 0.2) is 36.4 Å². The lowest BCUT2D eigenvalue weighted by atomic mass is 10.00. The first kappa shape index (κ1) is 23.1. The Morgan fingerprint density at radius 2 is 1.74 bits per heavy atom. The van der Waals surface area contributed by atoms with Gasteiger partial charge in [0.2, 0.25) is 11.8 Å². The number of fused-ring (bicyclic) bond motifs is 2. The number of rotatable bonds is 2. The summed E-state index contributed by atoms with van der Waals surface area (Å²) in [5, 5.41) is 2.26. The molecular weight excluding hydrogens is 463 g/mol. The van der Waals surface area contributed by atoms with Gasteiger partial charge in [-0.15, -0.1) is 0 Å². The van der Waals surface area contributed by atoms with E-state index in [0.717, 1.165) is 12.1 Å². The predicted octanol–water partition coefficient (Wildman–Crippen LogP) is 3.74. The molecule has 3 aliphatic heterocycles. The van der Waals surface area contributed by atoms with E-state index in [2.05, 4.69) is 5.32 Å². The normalized spacial score (nSPS) is 23.9. The van der Waals surface area contributed by atoms with Crippen molar-refractivity contribution < 1.29 is 32.3 Å². The van der Waals surface area contributed by atoms with Crippen molar-refractivity contribution in [2.75, 3.05) is 0 Å². The van der Waals surface area contributed by atoms with Crippen molar-refractivity contribution in [3.05, 3.63) is 69.8 Å². The van der Waals surface area contributed by atoms with E-state index in [1.165, 1.54) is 21.9 Å². The van der Waals surface area contributed by atoms with Crippen LogP contribution in [-0.2, 0) is 22.3 Å². The van der Waals surface area contributed by atoms with Crippen LogP contribution >= 0.6 is 0 Å². The van der Waals surface area contributed by atoms with E-state index in [0.29, 0.717) is 27.8 Å². The van der Waals surface area contributed by atoms with E-state index in [1.54, 1.807) is 26.0 Å². The molecule has 0 aromatic heterocycles. The lowest BCUT2D eigenvalue weighted by molar-refractivity contribution is -0.138. The van der Waals surface area contributed by atoms with Crippen molar-refractivity contribution in [3.8, 4) is 0 Å². The topological polar surface area (TPSA) is 86.8 Å². The Morgan fingerprint density at radius 1 is 1.00 bits per heavy atom. The van der Waals surface area contributed by atoms with E-state index in [4.69, 9.17) is 0 Å². The van der Waals surface area contributed by atoms with E-state index in [9.17, 15) is 32.3 Å². The lowest BCUT2D eigenvalue weighted by Gasteiger charge is -2.32. The van der Waals surface area contributed by atoms with Gasteiger partial charge in [-0.05, 0) is 67.3 Å². The molecule has 0 aliphatic carbocycles. The summed E-state index contributed by atoms with van der Waals surface area (Å²) in [6.45, 7) is 3.57. The van der Waals surface area contributed by atoms with Crippen molar-refractivity contribution in [1.29, 1.82) is 0 Å². The Labute approximate surface area is 198 Å². The fraction of sp³-hybridized carbons (Fsp3) is 0.360. The third-order valence-electron chi connectivity index (χ3n) is 7.17. The van der Waals surface area contributed by atoms with Crippen molar-refractivity contribution in [3.63, 3.8) is 0 Å². The monoisotopic (exact) mass is 485 g/mol. The van der Waals surface area contributed by atoms with Gasteiger partial charge in [-0.25, -0.2) is 0 Å². The van der Waals surface area contributed by atoms with Gasteiger partial charge in [-0.1, -0.05) is 6.07 Å². The Bertz CT molecular complexity index is 1290. The van der Waals surface area contributed by atoms with Gasteiger partial charge in [0.25, 0.3) is 11.8 Å². The van der Waals surface area contributed by atoms with Gasteiger partial charge in [0, 0.05) is 24.1 Å². The lowest BCUT2D eigenvalue weighted by Crippen LogP contribution is -2.53. The van der Waals surface area contributed by atoms with Crippen LogP contribution in [0.1, 0.15) is 81.7 Å². The molecule has 35 heavy (non-hydrogen) atoms. The summed E-state index contributed by atoms with van der Waals surface area (Å²) in [6.07, 6.45) is -4.10. The number of carbonyl (C=O) groups is 4. The molecule has 182 valence electrons. The zero-order chi connectivity index (χ0) is 25.2. The molecule has 0 spiro atoms. The summed E-state index contributed by atoms with van der Waals surface area (Å²) in [5.41, 5.74) is 1.65. The molecule has 2 aromatic carbocycles. The maximum Gasteiger partial charge on any atom is 0.416 e. The molecule has 0 unspecified atom stereocenters. The highest BCUT2D eigenvalue weighted by Gasteiger charge is 2.43. The molecule has 4 amide bonds.